The van der Waals surface area contributed by atoms with Gasteiger partial charge in [0.1, 0.15) is 32.7 Å². The molecule has 0 bridgehead atoms. The van der Waals surface area contributed by atoms with Crippen LogP contribution in [0.2, 0.25) is 0 Å². The van der Waals surface area contributed by atoms with Crippen LogP contribution in [0.3, 0.4) is 0 Å². The number of methoxy groups -OCH3 is 2. The van der Waals surface area contributed by atoms with Gasteiger partial charge >= 0.3 is 57.6 Å². The van der Waals surface area contributed by atoms with Crippen LogP contribution in [0.25, 0.3) is 22.1 Å². The number of carboxylic acid groups (broad SMARTS) is 1. The summed E-state index contributed by atoms with van der Waals surface area (Å²) in [6.45, 7) is 10.6. The van der Waals surface area contributed by atoms with Crippen molar-refractivity contribution in [3.8, 4) is 12.3 Å². The average molecular weight is 1690 g/mol. The van der Waals surface area contributed by atoms with Gasteiger partial charge in [-0.05, 0) is 180 Å². The number of terminal acetylenes is 1. The Hall–Kier alpha value is -7.36. The average Bonchev–Trinajstić information content (AvgIpc) is 1.81. The second kappa shape index (κ2) is 41.6. The second-order valence-corrected chi connectivity index (χ2v) is 25.9. The van der Waals surface area contributed by atoms with Crippen molar-refractivity contribution in [3.05, 3.63) is 195 Å². The standard InChI is InChI=1S/C9H8BrN3O2.C9H13NO3S.C9H12O3S.C8H6BrN3O2.C7H6BrN3.C5H7BrN3.C5H5BrN2.C4H4O2.CH4.H3N2O.Na/c1-15-9(14)6-3-12-13-4-5(10)2-7(11)8(6)13;1-6-4-7(2)9(8(3)5-6)14(11,12)13-10;1-6-4-7(2)9(8(3)5-6)13(10,11)12;9-4-1-6(10)7-5(8(13)14)2-11-12(7)3-4;8-5-3-6(9)7-1-2-10-11(7)4-5;6-4-1-5(7)3-9(8)2-4;6-4-1-5(7)3-8-2-4;1-3-4(5)6-2;;1-2-3;/h2-4H,11H2,1H3;4-5H,10H2,1-3H3;4-5H,1-3H3,(H,10,11,12);1-3H,10H2,(H,13,14);1-4H,9H2;1-3H,7-8H2;1-3H,7H2;1H,2H3;1H4;3H,1H2;/q;;;;;+1;;;;-1;+1. The summed E-state index contributed by atoms with van der Waals surface area (Å²) in [4.78, 5) is 35.9. The fourth-order valence-corrected chi connectivity index (χ4v) is 12.1. The van der Waals surface area contributed by atoms with Crippen molar-refractivity contribution < 1.29 is 94.1 Å². The van der Waals surface area contributed by atoms with Crippen LogP contribution in [0.15, 0.2) is 155 Å². The molecule has 0 unspecified atom stereocenters. The molecule has 30 nitrogen and oxygen atoms in total. The van der Waals surface area contributed by atoms with Gasteiger partial charge in [0, 0.05) is 54.8 Å². The molecule has 2 aromatic carbocycles. The molecule has 95 heavy (non-hydrogen) atoms. The van der Waals surface area contributed by atoms with Crippen molar-refractivity contribution in [2.45, 2.75) is 58.8 Å². The third-order valence-corrected chi connectivity index (χ3v) is 15.8. The van der Waals surface area contributed by atoms with Crippen LogP contribution in [-0.2, 0) is 38.8 Å². The van der Waals surface area contributed by atoms with Crippen molar-refractivity contribution in [1.29, 1.82) is 0 Å². The first-order chi connectivity index (χ1) is 43.4. The molecule has 0 saturated carbocycles. The number of aromatic carboxylic acids is 1. The van der Waals surface area contributed by atoms with E-state index in [0.29, 0.717) is 61.6 Å². The summed E-state index contributed by atoms with van der Waals surface area (Å²) in [6.07, 6.45) is 20.9. The van der Waals surface area contributed by atoms with Crippen LogP contribution in [-0.4, -0.2) is 97.7 Å². The Morgan fingerprint density at radius 1 is 0.621 bits per heavy atom. The molecule has 10 aromatic rings. The summed E-state index contributed by atoms with van der Waals surface area (Å²) < 4.78 is 76.6. The molecule has 10 rings (SSSR count). The van der Waals surface area contributed by atoms with E-state index in [0.717, 1.165) is 44.7 Å². The minimum atomic E-state index is -4.08. The number of carbonyl (C=O) groups excluding carboxylic acids is 2. The number of ether oxygens (including phenoxy) is 2. The van der Waals surface area contributed by atoms with Crippen molar-refractivity contribution in [1.82, 2.24) is 33.8 Å². The Balaban J connectivity index is 0.00000107. The predicted octanol–water partition coefficient (Wildman–Crippen LogP) is 6.09. The second-order valence-electron chi connectivity index (χ2n) is 18.4. The summed E-state index contributed by atoms with van der Waals surface area (Å²) in [5, 5.41) is 27.8. The van der Waals surface area contributed by atoms with E-state index >= 15 is 0 Å². The third kappa shape index (κ3) is 28.5. The number of nitrogens with two attached hydrogens (primary N) is 8. The van der Waals surface area contributed by atoms with E-state index in [4.69, 9.17) is 55.3 Å². The number of esters is 2. The Bertz CT molecular complexity index is 4410. The number of nitrogens with zero attached hydrogens (tertiary/aromatic N) is 9. The van der Waals surface area contributed by atoms with Crippen LogP contribution in [0, 0.1) is 53.9 Å². The maximum absolute atomic E-state index is 11.4. The quantitative estimate of drug-likeness (QED) is 0.0136. The number of rotatable bonds is 5. The molecule has 38 heteroatoms. The van der Waals surface area contributed by atoms with E-state index < -0.39 is 38.1 Å². The molecule has 0 fully saturated rings. The molecule has 506 valence electrons. The number of halogens is 5. The normalized spacial score (nSPS) is 10.0. The SMILES string of the molecule is C.C#CC(=O)OC.COC(=O)c1cnn2cc(Br)cc(N)c12.Cc1cc(C)c(S(=O)(=O)O)c(C)c1.Cc1cc(C)c(S(=O)(=O)ON)c(C)c1.N[N-]O.Nc1cc(Br)c[n+](N)c1.Nc1cc(Br)cn2ncc(C(=O)O)c12.Nc1cc(Br)cn2nccc12.Nc1cncc(Br)c1.[Na+]. The molecule has 8 heterocycles. The number of nitrogen functional groups attached to an aromatic ring is 6. The molecular weight excluding hydrogens is 1620 g/mol. The monoisotopic (exact) mass is 1680 g/mol. The minimum Gasteiger partial charge on any atom is -0.488 e. The van der Waals surface area contributed by atoms with E-state index in [1.807, 2.05) is 37.8 Å². The summed E-state index contributed by atoms with van der Waals surface area (Å²) in [7, 11) is -5.32. The summed E-state index contributed by atoms with van der Waals surface area (Å²) in [5.74, 6) is 13.8. The molecule has 0 atom stereocenters. The van der Waals surface area contributed by atoms with Gasteiger partial charge in [-0.25, -0.2) is 33.8 Å². The van der Waals surface area contributed by atoms with E-state index in [1.165, 1.54) is 40.3 Å². The molecule has 0 aliphatic rings. The first kappa shape index (κ1) is 87.6. The van der Waals surface area contributed by atoms with Crippen LogP contribution in [0.4, 0.5) is 28.4 Å². The number of hydrogen-bond donors (Lipinski definition) is 11. The van der Waals surface area contributed by atoms with E-state index in [1.54, 1.807) is 130 Å². The summed E-state index contributed by atoms with van der Waals surface area (Å²) in [5.41, 5.74) is 39.7. The van der Waals surface area contributed by atoms with Gasteiger partial charge in [0.25, 0.3) is 10.1 Å². The number of benzene rings is 2. The number of pyridine rings is 5. The maximum atomic E-state index is 11.4. The van der Waals surface area contributed by atoms with Gasteiger partial charge in [-0.3, -0.25) is 9.54 Å². The Morgan fingerprint density at radius 3 is 1.42 bits per heavy atom. The molecule has 19 N–H and O–H groups in total. The van der Waals surface area contributed by atoms with Crippen molar-refractivity contribution >= 4 is 163 Å². The zero-order valence-corrected chi connectivity index (χ0v) is 63.0. The van der Waals surface area contributed by atoms with Crippen LogP contribution in [0.1, 0.15) is 61.5 Å². The minimum absolute atomic E-state index is 0. The first-order valence-electron chi connectivity index (χ1n) is 25.4. The van der Waals surface area contributed by atoms with E-state index in [-0.39, 0.29) is 52.3 Å². The summed E-state index contributed by atoms with van der Waals surface area (Å²) >= 11 is 16.3. The van der Waals surface area contributed by atoms with Gasteiger partial charge < -0.3 is 59.9 Å². The Labute approximate surface area is 611 Å². The predicted molar refractivity (Wildman–Crippen MR) is 376 cm³/mol. The van der Waals surface area contributed by atoms with Gasteiger partial charge in [-0.2, -0.15) is 42.3 Å². The number of aryl methyl sites for hydroxylation is 6. The van der Waals surface area contributed by atoms with Gasteiger partial charge in [-0.15, -0.1) is 6.42 Å². The fourth-order valence-electron chi connectivity index (χ4n) is 7.93. The van der Waals surface area contributed by atoms with Crippen LogP contribution >= 0.6 is 79.6 Å². The van der Waals surface area contributed by atoms with Gasteiger partial charge in [0.15, 0.2) is 0 Å². The topological polar surface area (TPSA) is 499 Å². The fraction of sp³-hybridized carbons (Fsp3) is 0.158. The molecule has 8 aromatic heterocycles. The zero-order valence-electron chi connectivity index (χ0n) is 51.4. The number of carboxylic acids is 1. The van der Waals surface area contributed by atoms with Crippen molar-refractivity contribution in [3.63, 3.8) is 0 Å². The largest absolute Gasteiger partial charge is 1.00 e. The summed E-state index contributed by atoms with van der Waals surface area (Å²) in [6, 6.07) is 17.7. The van der Waals surface area contributed by atoms with Crippen molar-refractivity contribution in [2.75, 3.05) is 48.7 Å². The van der Waals surface area contributed by atoms with Gasteiger partial charge in [0.05, 0.1) is 70.4 Å². The number of aromatic nitrogens is 8. The molecule has 0 aliphatic heterocycles. The maximum Gasteiger partial charge on any atom is 1.00 e. The first-order valence-corrected chi connectivity index (χ1v) is 32.2. The van der Waals surface area contributed by atoms with E-state index in [2.05, 4.69) is 126 Å². The third-order valence-electron chi connectivity index (χ3n) is 11.1. The molecule has 0 saturated heterocycles. The molecular formula is C57H68Br5N17NaO13S2+. The van der Waals surface area contributed by atoms with E-state index in [9.17, 15) is 31.2 Å². The molecule has 0 radical (unpaired) electrons. The van der Waals surface area contributed by atoms with Crippen LogP contribution in [0.5, 0.6) is 0 Å². The molecule has 0 aliphatic carbocycles. The molecule has 0 spiro atoms. The number of fused-ring (bicyclic) bond motifs is 3. The molecule has 0 amide bonds. The Morgan fingerprint density at radius 2 is 1.05 bits per heavy atom. The Kier molecular flexibility index (Phi) is 38.3. The zero-order chi connectivity index (χ0) is 70.8. The number of hydrogen-bond acceptors (Lipinski definition) is 23. The van der Waals surface area contributed by atoms with Crippen LogP contribution < -0.4 is 80.5 Å². The smallest absolute Gasteiger partial charge is 0.488 e. The number of anilines is 5. The van der Waals surface area contributed by atoms with Gasteiger partial charge in [-0.1, -0.05) is 47.5 Å². The van der Waals surface area contributed by atoms with Crippen molar-refractivity contribution in [2.24, 2.45) is 11.7 Å². The van der Waals surface area contributed by atoms with Gasteiger partial charge in [0.2, 0.25) is 12.4 Å². The number of carbonyl (C=O) groups is 3.